The summed E-state index contributed by atoms with van der Waals surface area (Å²) in [5, 5.41) is 8.83. The molecule has 4 rings (SSSR count). The molecule has 0 atom stereocenters. The Kier molecular flexibility index (Phi) is 6.21. The van der Waals surface area contributed by atoms with Crippen LogP contribution in [-0.2, 0) is 19.5 Å². The number of nitrogens with zero attached hydrogens (tertiary/aromatic N) is 2. The van der Waals surface area contributed by atoms with Crippen molar-refractivity contribution in [3.05, 3.63) is 41.4 Å². The van der Waals surface area contributed by atoms with Crippen LogP contribution in [0.2, 0.25) is 0 Å². The lowest BCUT2D eigenvalue weighted by molar-refractivity contribution is -0.110. The number of amides is 1. The van der Waals surface area contributed by atoms with Gasteiger partial charge in [-0.3, -0.25) is 10.1 Å². The van der Waals surface area contributed by atoms with Crippen molar-refractivity contribution in [2.45, 2.75) is 41.9 Å². The molecule has 1 saturated heterocycles. The van der Waals surface area contributed by atoms with Crippen molar-refractivity contribution >= 4 is 49.7 Å². The first-order valence-electron chi connectivity index (χ1n) is 9.41. The van der Waals surface area contributed by atoms with Crippen LogP contribution in [0.5, 0.6) is 0 Å². The van der Waals surface area contributed by atoms with Gasteiger partial charge in [-0.1, -0.05) is 17.3 Å². The van der Waals surface area contributed by atoms with Gasteiger partial charge in [0.2, 0.25) is 0 Å². The van der Waals surface area contributed by atoms with Crippen molar-refractivity contribution in [2.24, 2.45) is 5.16 Å². The average Bonchev–Trinajstić information content (AvgIpc) is 3.48. The number of anilines is 1. The number of hydrogen-bond donors (Lipinski definition) is 1. The smallest absolute Gasteiger partial charge is 0.280 e. The summed E-state index contributed by atoms with van der Waals surface area (Å²) in [7, 11) is -3.28. The third-order valence-electron chi connectivity index (χ3n) is 4.75. The maximum Gasteiger partial charge on any atom is 0.280 e. The molecule has 0 unspecified atom stereocenters. The number of sulfone groups is 1. The number of thioether (sulfide) groups is 1. The number of oxime groups is 1. The number of nitrogens with one attached hydrogen (secondary N) is 1. The van der Waals surface area contributed by atoms with Gasteiger partial charge in [0.05, 0.1) is 10.1 Å². The molecule has 1 aliphatic heterocycles. The third kappa shape index (κ3) is 4.99. The first kappa shape index (κ1) is 20.4. The fourth-order valence-corrected chi connectivity index (χ4v) is 6.19. The minimum Gasteiger partial charge on any atom is -0.392 e. The molecule has 154 valence electrons. The molecular formula is C19H21N3O4S3. The molecule has 0 radical (unpaired) electrons. The fourth-order valence-electron chi connectivity index (χ4n) is 2.95. The highest BCUT2D eigenvalue weighted by Gasteiger charge is 2.36. The molecular weight excluding hydrogens is 430 g/mol. The van der Waals surface area contributed by atoms with E-state index in [9.17, 15) is 13.2 Å². The Morgan fingerprint density at radius 1 is 1.14 bits per heavy atom. The Bertz CT molecular complexity index is 978. The minimum absolute atomic E-state index is 0.0200. The van der Waals surface area contributed by atoms with Gasteiger partial charge in [0.25, 0.3) is 5.91 Å². The zero-order chi connectivity index (χ0) is 20.3. The normalized spacial score (nSPS) is 18.4. The van der Waals surface area contributed by atoms with Crippen LogP contribution in [0.25, 0.3) is 0 Å². The third-order valence-corrected chi connectivity index (χ3v) is 8.76. The van der Waals surface area contributed by atoms with E-state index in [1.165, 1.54) is 23.5 Å². The molecule has 1 aromatic carbocycles. The molecule has 29 heavy (non-hydrogen) atoms. The fraction of sp³-hybridized carbons (Fsp3) is 0.421. The quantitative estimate of drug-likeness (QED) is 0.512. The molecule has 1 aliphatic carbocycles. The Hall–Kier alpha value is -1.91. The van der Waals surface area contributed by atoms with Gasteiger partial charge in [0, 0.05) is 17.1 Å². The first-order chi connectivity index (χ1) is 14.0. The lowest BCUT2D eigenvalue weighted by atomic mass is 10.1. The van der Waals surface area contributed by atoms with Gasteiger partial charge in [-0.05, 0) is 49.3 Å². The largest absolute Gasteiger partial charge is 0.392 e. The Labute approximate surface area is 177 Å². The number of carbonyl (C=O) groups is 1. The molecule has 10 heteroatoms. The summed E-state index contributed by atoms with van der Waals surface area (Å²) in [4.78, 5) is 22.8. The zero-order valence-corrected chi connectivity index (χ0v) is 18.1. The molecule has 2 fully saturated rings. The summed E-state index contributed by atoms with van der Waals surface area (Å²) in [5.41, 5.74) is 0.604. The number of benzene rings is 1. The Balaban J connectivity index is 1.57. The molecule has 1 saturated carbocycles. The molecule has 1 N–H and O–H groups in total. The van der Waals surface area contributed by atoms with Crippen molar-refractivity contribution in [3.8, 4) is 0 Å². The molecule has 2 aliphatic rings. The molecule has 0 bridgehead atoms. The summed E-state index contributed by atoms with van der Waals surface area (Å²) in [6.45, 7) is 0. The predicted octanol–water partition coefficient (Wildman–Crippen LogP) is 3.33. The van der Waals surface area contributed by atoms with Gasteiger partial charge in [0.15, 0.2) is 20.7 Å². The van der Waals surface area contributed by atoms with Gasteiger partial charge >= 0.3 is 0 Å². The monoisotopic (exact) mass is 451 g/mol. The highest BCUT2D eigenvalue weighted by Crippen LogP contribution is 2.33. The minimum atomic E-state index is -3.28. The van der Waals surface area contributed by atoms with Gasteiger partial charge in [-0.15, -0.1) is 11.3 Å². The van der Waals surface area contributed by atoms with Crippen molar-refractivity contribution in [1.29, 1.82) is 0 Å². The Morgan fingerprint density at radius 3 is 2.48 bits per heavy atom. The standard InChI is InChI=1S/C19H21N3O4S3/c23-18(21-19-20-9-12-28-19)17(22-26-14-7-10-27-11-8-14)13-1-3-15(4-2-13)29(24,25)16-5-6-16/h1-4,9,12,14,16H,5-8,10-11H2,(H,20,21,23)/b22-17+. The van der Waals surface area contributed by atoms with E-state index < -0.39 is 15.7 Å². The van der Waals surface area contributed by atoms with Crippen molar-refractivity contribution in [3.63, 3.8) is 0 Å². The highest BCUT2D eigenvalue weighted by atomic mass is 32.2. The number of aromatic nitrogens is 1. The topological polar surface area (TPSA) is 97.7 Å². The van der Waals surface area contributed by atoms with Crippen LogP contribution in [0.15, 0.2) is 45.9 Å². The second-order valence-corrected chi connectivity index (χ2v) is 11.3. The summed E-state index contributed by atoms with van der Waals surface area (Å²) >= 11 is 3.18. The summed E-state index contributed by atoms with van der Waals surface area (Å²) < 4.78 is 24.8. The van der Waals surface area contributed by atoms with E-state index in [2.05, 4.69) is 15.5 Å². The van der Waals surface area contributed by atoms with E-state index in [-0.39, 0.29) is 22.0 Å². The summed E-state index contributed by atoms with van der Waals surface area (Å²) in [6, 6.07) is 6.28. The van der Waals surface area contributed by atoms with Crippen molar-refractivity contribution in [2.75, 3.05) is 16.8 Å². The molecule has 2 aromatic rings. The van der Waals surface area contributed by atoms with Crippen molar-refractivity contribution < 1.29 is 18.0 Å². The van der Waals surface area contributed by atoms with Crippen LogP contribution in [0.4, 0.5) is 5.13 Å². The zero-order valence-electron chi connectivity index (χ0n) is 15.6. The maximum atomic E-state index is 12.8. The number of thiazole rings is 1. The molecule has 1 aromatic heterocycles. The van der Waals surface area contributed by atoms with Crippen LogP contribution in [0.1, 0.15) is 31.2 Å². The van der Waals surface area contributed by atoms with Gasteiger partial charge in [0.1, 0.15) is 6.10 Å². The van der Waals surface area contributed by atoms with E-state index in [1.807, 2.05) is 11.8 Å². The Morgan fingerprint density at radius 2 is 1.86 bits per heavy atom. The van der Waals surface area contributed by atoms with Crippen molar-refractivity contribution in [1.82, 2.24) is 4.98 Å². The predicted molar refractivity (Wildman–Crippen MR) is 115 cm³/mol. The lowest BCUT2D eigenvalue weighted by Crippen LogP contribution is -2.26. The highest BCUT2D eigenvalue weighted by molar-refractivity contribution is 7.99. The van der Waals surface area contributed by atoms with E-state index in [1.54, 1.807) is 23.7 Å². The molecule has 0 spiro atoms. The molecule has 1 amide bonds. The van der Waals surface area contributed by atoms with Crippen LogP contribution in [0.3, 0.4) is 0 Å². The molecule has 2 heterocycles. The van der Waals surface area contributed by atoms with Gasteiger partial charge < -0.3 is 4.84 Å². The SMILES string of the molecule is O=C(Nc1nccs1)/C(=N/OC1CCSCC1)c1ccc(S(=O)(=O)C2CC2)cc1. The number of hydrogen-bond acceptors (Lipinski definition) is 8. The van der Waals surface area contributed by atoms with E-state index in [0.717, 1.165) is 24.3 Å². The average molecular weight is 452 g/mol. The summed E-state index contributed by atoms with van der Waals surface area (Å²) in [6.07, 6.45) is 4.77. The van der Waals surface area contributed by atoms with Crippen LogP contribution >= 0.6 is 23.1 Å². The second kappa shape index (κ2) is 8.85. The van der Waals surface area contributed by atoms with Crippen LogP contribution in [0, 0.1) is 0 Å². The first-order valence-corrected chi connectivity index (χ1v) is 13.0. The molecule has 7 nitrogen and oxygen atoms in total. The van der Waals surface area contributed by atoms with E-state index in [0.29, 0.717) is 23.5 Å². The number of rotatable bonds is 7. The summed E-state index contributed by atoms with van der Waals surface area (Å²) in [5.74, 6) is 1.58. The second-order valence-electron chi connectivity index (χ2n) is 6.92. The van der Waals surface area contributed by atoms with Gasteiger partial charge in [-0.2, -0.15) is 11.8 Å². The maximum absolute atomic E-state index is 12.8. The number of carbonyl (C=O) groups excluding carboxylic acids is 1. The van der Waals surface area contributed by atoms with E-state index in [4.69, 9.17) is 4.84 Å². The van der Waals surface area contributed by atoms with Crippen LogP contribution in [-0.4, -0.2) is 47.9 Å². The lowest BCUT2D eigenvalue weighted by Gasteiger charge is -2.19. The van der Waals surface area contributed by atoms with Crippen LogP contribution < -0.4 is 5.32 Å². The van der Waals surface area contributed by atoms with Gasteiger partial charge in [-0.25, -0.2) is 13.4 Å². The van der Waals surface area contributed by atoms with E-state index >= 15 is 0 Å².